The second-order valence-electron chi connectivity index (χ2n) is 8.56. The van der Waals surface area contributed by atoms with Crippen LogP contribution >= 0.6 is 15.9 Å². The summed E-state index contributed by atoms with van der Waals surface area (Å²) in [4.78, 5) is 45.8. The zero-order valence-corrected chi connectivity index (χ0v) is 20.1. The third kappa shape index (κ3) is 4.54. The third-order valence-corrected chi connectivity index (χ3v) is 7.00. The van der Waals surface area contributed by atoms with Crippen LogP contribution in [-0.4, -0.2) is 54.8 Å². The van der Waals surface area contributed by atoms with E-state index < -0.39 is 0 Å². The molecule has 1 aliphatic carbocycles. The Morgan fingerprint density at radius 3 is 1.91 bits per heavy atom. The fourth-order valence-corrected chi connectivity index (χ4v) is 5.29. The van der Waals surface area contributed by atoms with Gasteiger partial charge in [0, 0.05) is 53.2 Å². The highest BCUT2D eigenvalue weighted by Crippen LogP contribution is 2.56. The Morgan fingerprint density at radius 2 is 1.49 bits per heavy atom. The molecule has 35 heavy (non-hydrogen) atoms. The molecule has 10 N–H and O–H groups in total. The lowest BCUT2D eigenvalue weighted by atomic mass is 9.54. The van der Waals surface area contributed by atoms with Gasteiger partial charge >= 0.3 is 0 Å². The molecule has 0 radical (unpaired) electrons. The first kappa shape index (κ1) is 22.8. The summed E-state index contributed by atoms with van der Waals surface area (Å²) in [6.07, 6.45) is 6.81. The van der Waals surface area contributed by atoms with Crippen LogP contribution in [-0.2, 0) is 0 Å². The van der Waals surface area contributed by atoms with Gasteiger partial charge < -0.3 is 42.0 Å². The summed E-state index contributed by atoms with van der Waals surface area (Å²) in [6, 6.07) is 5.20. The summed E-state index contributed by atoms with van der Waals surface area (Å²) >= 11 is 3.35. The number of amides is 2. The molecule has 4 heterocycles. The largest absolute Gasteiger partial charge is 0.369 e. The van der Waals surface area contributed by atoms with Gasteiger partial charge in [0.15, 0.2) is 11.9 Å². The molecule has 4 aromatic rings. The summed E-state index contributed by atoms with van der Waals surface area (Å²) in [5, 5.41) is 6.03. The average Bonchev–Trinajstić information content (AvgIpc) is 3.62. The standard InChI is InChI=1S/C22H25BrN10O2/c23-10-4-14(27-5-10)20(35)29-7-12-11(6-28-19(34)13-2-1-3-26-13)17(15-8-30-21(24)32-15)18(12)16-9-31-22(25)33-16/h1-5,8-9,11-12,17-18,26-27H,6-7H2,(H,28,34)(H,29,35)(H3,24,30,32)(H3,25,31,33)/t11-,12-,17-,18-/m0/s1. The van der Waals surface area contributed by atoms with Gasteiger partial charge in [0.1, 0.15) is 11.4 Å². The number of imidazole rings is 2. The van der Waals surface area contributed by atoms with Crippen LogP contribution in [0.2, 0.25) is 0 Å². The third-order valence-electron chi connectivity index (χ3n) is 6.54. The molecule has 4 aromatic heterocycles. The molecule has 182 valence electrons. The van der Waals surface area contributed by atoms with E-state index in [1.54, 1.807) is 43.0 Å². The fourth-order valence-electron chi connectivity index (χ4n) is 4.95. The number of rotatable bonds is 8. The normalized spacial score (nSPS) is 21.4. The molecule has 1 aliphatic rings. The van der Waals surface area contributed by atoms with Crippen molar-refractivity contribution < 1.29 is 9.59 Å². The van der Waals surface area contributed by atoms with Gasteiger partial charge in [-0.05, 0) is 46.0 Å². The second kappa shape index (κ2) is 9.33. The molecule has 0 aliphatic heterocycles. The number of carbonyl (C=O) groups excluding carboxylic acids is 2. The van der Waals surface area contributed by atoms with Gasteiger partial charge in [-0.1, -0.05) is 0 Å². The van der Waals surface area contributed by atoms with Crippen LogP contribution in [0.15, 0.2) is 47.5 Å². The molecule has 0 spiro atoms. The first-order chi connectivity index (χ1) is 16.9. The van der Waals surface area contributed by atoms with Crippen LogP contribution in [0.3, 0.4) is 0 Å². The number of hydrogen-bond donors (Lipinski definition) is 8. The maximum atomic E-state index is 12.7. The summed E-state index contributed by atoms with van der Waals surface area (Å²) < 4.78 is 0.791. The Hall–Kier alpha value is -4.00. The lowest BCUT2D eigenvalue weighted by Gasteiger charge is -2.51. The maximum Gasteiger partial charge on any atom is 0.267 e. The Bertz CT molecular complexity index is 1320. The number of nitrogens with one attached hydrogen (secondary N) is 6. The minimum absolute atomic E-state index is 0.0287. The van der Waals surface area contributed by atoms with Crippen molar-refractivity contribution >= 4 is 39.6 Å². The molecule has 0 bridgehead atoms. The number of anilines is 2. The molecular weight excluding hydrogens is 516 g/mol. The van der Waals surface area contributed by atoms with Gasteiger partial charge in [-0.15, -0.1) is 0 Å². The number of aromatic amines is 4. The number of nitrogen functional groups attached to an aromatic ring is 2. The minimum Gasteiger partial charge on any atom is -0.369 e. The van der Waals surface area contributed by atoms with Gasteiger partial charge in [0.05, 0.1) is 12.4 Å². The maximum absolute atomic E-state index is 12.7. The predicted octanol–water partition coefficient (Wildman–Crippen LogP) is 1.69. The number of nitrogens with two attached hydrogens (primary N) is 2. The summed E-state index contributed by atoms with van der Waals surface area (Å²) in [6.45, 7) is 0.762. The fraction of sp³-hybridized carbons (Fsp3) is 0.273. The first-order valence-corrected chi connectivity index (χ1v) is 11.8. The molecule has 5 rings (SSSR count). The number of nitrogens with zero attached hydrogens (tertiary/aromatic N) is 2. The van der Waals surface area contributed by atoms with E-state index in [4.69, 9.17) is 11.5 Å². The quantitative estimate of drug-likeness (QED) is 0.167. The monoisotopic (exact) mass is 540 g/mol. The number of halogens is 1. The van der Waals surface area contributed by atoms with Crippen molar-refractivity contribution in [2.45, 2.75) is 11.8 Å². The number of hydrogen-bond acceptors (Lipinski definition) is 6. The molecule has 1 fully saturated rings. The van der Waals surface area contributed by atoms with E-state index in [1.165, 1.54) is 0 Å². The van der Waals surface area contributed by atoms with Crippen LogP contribution in [0, 0.1) is 11.8 Å². The Morgan fingerprint density at radius 1 is 0.914 bits per heavy atom. The van der Waals surface area contributed by atoms with Crippen molar-refractivity contribution in [2.75, 3.05) is 24.6 Å². The topological polar surface area (TPSA) is 199 Å². The average molecular weight is 541 g/mol. The van der Waals surface area contributed by atoms with Gasteiger partial charge in [-0.25, -0.2) is 9.97 Å². The molecule has 12 nitrogen and oxygen atoms in total. The molecule has 2 amide bonds. The van der Waals surface area contributed by atoms with Crippen molar-refractivity contribution in [2.24, 2.45) is 11.8 Å². The molecule has 0 unspecified atom stereocenters. The number of H-pyrrole nitrogens is 4. The molecular formula is C22H25BrN10O2. The zero-order chi connectivity index (χ0) is 24.5. The molecule has 0 saturated heterocycles. The van der Waals surface area contributed by atoms with E-state index in [2.05, 4.69) is 56.5 Å². The van der Waals surface area contributed by atoms with Crippen molar-refractivity contribution in [1.82, 2.24) is 40.5 Å². The Labute approximate surface area is 208 Å². The van der Waals surface area contributed by atoms with E-state index in [0.717, 1.165) is 15.9 Å². The first-order valence-electron chi connectivity index (χ1n) is 11.0. The van der Waals surface area contributed by atoms with Gasteiger partial charge in [0.25, 0.3) is 11.8 Å². The van der Waals surface area contributed by atoms with Crippen LogP contribution < -0.4 is 22.1 Å². The lowest BCUT2D eigenvalue weighted by molar-refractivity contribution is 0.0674. The van der Waals surface area contributed by atoms with Crippen LogP contribution in [0.1, 0.15) is 44.2 Å². The highest BCUT2D eigenvalue weighted by molar-refractivity contribution is 9.10. The SMILES string of the molecule is Nc1ncc([C@@H]2[C@@H](CNC(=O)c3ccc[nH]3)[C@H](CNC(=O)c3cc(Br)c[nH]3)[C@H]2c2cnc(N)[nH]2)[nH]1. The van der Waals surface area contributed by atoms with E-state index in [9.17, 15) is 9.59 Å². The van der Waals surface area contributed by atoms with Crippen molar-refractivity contribution in [1.29, 1.82) is 0 Å². The Balaban J connectivity index is 1.40. The van der Waals surface area contributed by atoms with Crippen molar-refractivity contribution in [3.05, 3.63) is 70.2 Å². The van der Waals surface area contributed by atoms with E-state index in [0.29, 0.717) is 36.4 Å². The summed E-state index contributed by atoms with van der Waals surface area (Å²) in [5.74, 6) is 0.00658. The van der Waals surface area contributed by atoms with Gasteiger partial charge in [-0.3, -0.25) is 9.59 Å². The molecule has 13 heteroatoms. The number of carbonyl (C=O) groups is 2. The Kier molecular flexibility index (Phi) is 6.07. The van der Waals surface area contributed by atoms with E-state index in [-0.39, 0.29) is 35.5 Å². The smallest absolute Gasteiger partial charge is 0.267 e. The van der Waals surface area contributed by atoms with E-state index in [1.807, 2.05) is 0 Å². The van der Waals surface area contributed by atoms with E-state index >= 15 is 0 Å². The second-order valence-corrected chi connectivity index (χ2v) is 9.48. The van der Waals surface area contributed by atoms with Crippen molar-refractivity contribution in [3.63, 3.8) is 0 Å². The van der Waals surface area contributed by atoms with Gasteiger partial charge in [-0.2, -0.15) is 0 Å². The summed E-state index contributed by atoms with van der Waals surface area (Å²) in [5.41, 5.74) is 14.4. The van der Waals surface area contributed by atoms with Crippen molar-refractivity contribution in [3.8, 4) is 0 Å². The lowest BCUT2D eigenvalue weighted by Crippen LogP contribution is -2.53. The number of aromatic nitrogens is 6. The minimum atomic E-state index is -0.220. The zero-order valence-electron chi connectivity index (χ0n) is 18.5. The highest BCUT2D eigenvalue weighted by Gasteiger charge is 2.53. The molecule has 1 saturated carbocycles. The molecule has 4 atom stereocenters. The van der Waals surface area contributed by atoms with Crippen LogP contribution in [0.25, 0.3) is 0 Å². The predicted molar refractivity (Wildman–Crippen MR) is 132 cm³/mol. The molecule has 0 aromatic carbocycles. The van der Waals surface area contributed by atoms with Crippen LogP contribution in [0.5, 0.6) is 0 Å². The van der Waals surface area contributed by atoms with Crippen LogP contribution in [0.4, 0.5) is 11.9 Å². The summed E-state index contributed by atoms with van der Waals surface area (Å²) in [7, 11) is 0. The highest BCUT2D eigenvalue weighted by atomic mass is 79.9. The van der Waals surface area contributed by atoms with Gasteiger partial charge in [0.2, 0.25) is 0 Å².